The summed E-state index contributed by atoms with van der Waals surface area (Å²) in [7, 11) is 0. The van der Waals surface area contributed by atoms with E-state index in [1.807, 2.05) is 44.2 Å². The standard InChI is InChI=1S/C34H36N2O7/c1-22(2)29-21-43-34(41)36(29)33(40)28(14-8-9-19-35-31(38)26-12-6-7-13-27(26)32(35)39)30(37)24-15-17-25(18-16-24)42-20-23-10-4-3-5-11-23/h3-7,10-13,15-18,22,28-30,37H,8-9,14,19-21H2,1-2H3. The molecule has 3 atom stereocenters. The molecule has 3 unspecified atom stereocenters. The van der Waals surface area contributed by atoms with Crippen molar-refractivity contribution < 1.29 is 33.8 Å². The van der Waals surface area contributed by atoms with Gasteiger partial charge in [-0.1, -0.05) is 74.9 Å². The number of benzene rings is 3. The minimum Gasteiger partial charge on any atom is -0.489 e. The molecule has 9 heteroatoms. The summed E-state index contributed by atoms with van der Waals surface area (Å²) in [6, 6.07) is 23.0. The van der Waals surface area contributed by atoms with Crippen molar-refractivity contribution >= 4 is 23.8 Å². The molecule has 0 saturated carbocycles. The van der Waals surface area contributed by atoms with Crippen LogP contribution < -0.4 is 4.74 Å². The van der Waals surface area contributed by atoms with Gasteiger partial charge in [0, 0.05) is 6.54 Å². The number of aliphatic hydroxyl groups is 1. The van der Waals surface area contributed by atoms with Crippen molar-refractivity contribution in [3.8, 4) is 5.75 Å². The number of unbranched alkanes of at least 4 members (excludes halogenated alkanes) is 1. The Labute approximate surface area is 251 Å². The predicted molar refractivity (Wildman–Crippen MR) is 158 cm³/mol. The van der Waals surface area contributed by atoms with E-state index < -0.39 is 30.1 Å². The Morgan fingerprint density at radius 3 is 2.16 bits per heavy atom. The van der Waals surface area contributed by atoms with Crippen LogP contribution in [0.4, 0.5) is 4.79 Å². The number of imide groups is 2. The van der Waals surface area contributed by atoms with Crippen LogP contribution in [0.15, 0.2) is 78.9 Å². The normalized spacial score (nSPS) is 17.7. The van der Waals surface area contributed by atoms with E-state index in [0.29, 0.717) is 41.9 Å². The number of ether oxygens (including phenoxy) is 2. The predicted octanol–water partition coefficient (Wildman–Crippen LogP) is 5.39. The second-order valence-corrected chi connectivity index (χ2v) is 11.3. The summed E-state index contributed by atoms with van der Waals surface area (Å²) in [4.78, 5) is 54.3. The fourth-order valence-electron chi connectivity index (χ4n) is 5.59. The first-order valence-electron chi connectivity index (χ1n) is 14.7. The summed E-state index contributed by atoms with van der Waals surface area (Å²) in [5.74, 6) is -1.51. The highest BCUT2D eigenvalue weighted by Gasteiger charge is 2.44. The van der Waals surface area contributed by atoms with Crippen molar-refractivity contribution in [1.29, 1.82) is 0 Å². The van der Waals surface area contributed by atoms with Gasteiger partial charge in [-0.2, -0.15) is 0 Å². The number of nitrogens with zero attached hydrogens (tertiary/aromatic N) is 2. The molecule has 3 aromatic rings. The van der Waals surface area contributed by atoms with Gasteiger partial charge in [0.15, 0.2) is 0 Å². The molecule has 1 N–H and O–H groups in total. The number of rotatable bonds is 12. The summed E-state index contributed by atoms with van der Waals surface area (Å²) >= 11 is 0. The quantitative estimate of drug-likeness (QED) is 0.224. The number of amides is 4. The van der Waals surface area contributed by atoms with Crippen LogP contribution in [-0.2, 0) is 16.1 Å². The molecule has 1 fully saturated rings. The third-order valence-electron chi connectivity index (χ3n) is 8.11. The van der Waals surface area contributed by atoms with Gasteiger partial charge < -0.3 is 14.6 Å². The van der Waals surface area contributed by atoms with E-state index in [0.717, 1.165) is 10.5 Å². The lowest BCUT2D eigenvalue weighted by atomic mass is 9.89. The molecule has 0 spiro atoms. The molecule has 224 valence electrons. The SMILES string of the molecule is CC(C)C1COC(=O)N1C(=O)C(CCCCN1C(=O)c2ccccc2C1=O)C(O)c1ccc(OCc2ccccc2)cc1. The van der Waals surface area contributed by atoms with Crippen molar-refractivity contribution in [2.45, 2.75) is 51.9 Å². The largest absolute Gasteiger partial charge is 0.489 e. The van der Waals surface area contributed by atoms with Gasteiger partial charge in [-0.05, 0) is 54.2 Å². The van der Waals surface area contributed by atoms with Gasteiger partial charge >= 0.3 is 6.09 Å². The number of hydrogen-bond donors (Lipinski definition) is 1. The van der Waals surface area contributed by atoms with Crippen molar-refractivity contribution in [3.63, 3.8) is 0 Å². The summed E-state index contributed by atoms with van der Waals surface area (Å²) < 4.78 is 11.1. The molecule has 0 radical (unpaired) electrons. The Hall–Kier alpha value is -4.50. The Kier molecular flexibility index (Phi) is 9.21. The number of hydrogen-bond acceptors (Lipinski definition) is 7. The third-order valence-corrected chi connectivity index (χ3v) is 8.11. The Morgan fingerprint density at radius 1 is 0.907 bits per heavy atom. The van der Waals surface area contributed by atoms with E-state index in [9.17, 15) is 24.3 Å². The molecule has 2 aliphatic rings. The van der Waals surface area contributed by atoms with E-state index in [-0.39, 0.29) is 37.3 Å². The minimum absolute atomic E-state index is 0.0249. The zero-order valence-corrected chi connectivity index (χ0v) is 24.3. The van der Waals surface area contributed by atoms with E-state index >= 15 is 0 Å². The second kappa shape index (κ2) is 13.2. The monoisotopic (exact) mass is 584 g/mol. The molecule has 4 amide bonds. The lowest BCUT2D eigenvalue weighted by Gasteiger charge is -2.29. The van der Waals surface area contributed by atoms with Gasteiger partial charge in [0.1, 0.15) is 19.0 Å². The van der Waals surface area contributed by atoms with Gasteiger partial charge in [-0.15, -0.1) is 0 Å². The molecule has 43 heavy (non-hydrogen) atoms. The van der Waals surface area contributed by atoms with E-state index in [1.54, 1.807) is 48.5 Å². The molecule has 0 bridgehead atoms. The Morgan fingerprint density at radius 2 is 1.53 bits per heavy atom. The highest BCUT2D eigenvalue weighted by Crippen LogP contribution is 2.33. The van der Waals surface area contributed by atoms with Crippen LogP contribution in [-0.4, -0.2) is 57.9 Å². The smallest absolute Gasteiger partial charge is 0.416 e. The fraction of sp³-hybridized carbons (Fsp3) is 0.353. The lowest BCUT2D eigenvalue weighted by Crippen LogP contribution is -2.46. The molecule has 3 aromatic carbocycles. The van der Waals surface area contributed by atoms with Crippen LogP contribution in [0.1, 0.15) is 71.1 Å². The van der Waals surface area contributed by atoms with Crippen LogP contribution in [0.5, 0.6) is 5.75 Å². The third kappa shape index (κ3) is 6.46. The van der Waals surface area contributed by atoms with Crippen LogP contribution in [0.3, 0.4) is 0 Å². The summed E-state index contributed by atoms with van der Waals surface area (Å²) in [6.07, 6.45) is -0.794. The summed E-state index contributed by atoms with van der Waals surface area (Å²) in [5.41, 5.74) is 2.31. The maximum atomic E-state index is 13.8. The average Bonchev–Trinajstić information content (AvgIpc) is 3.53. The van der Waals surface area contributed by atoms with E-state index in [4.69, 9.17) is 9.47 Å². The summed E-state index contributed by atoms with van der Waals surface area (Å²) in [5, 5.41) is 11.5. The number of carbonyl (C=O) groups excluding carboxylic acids is 4. The van der Waals surface area contributed by atoms with Gasteiger partial charge in [0.05, 0.1) is 29.2 Å². The van der Waals surface area contributed by atoms with E-state index in [2.05, 4.69) is 0 Å². The molecular formula is C34H36N2O7. The van der Waals surface area contributed by atoms with Crippen LogP contribution in [0, 0.1) is 11.8 Å². The second-order valence-electron chi connectivity index (χ2n) is 11.3. The number of cyclic esters (lactones) is 1. The molecule has 9 nitrogen and oxygen atoms in total. The number of aliphatic hydroxyl groups excluding tert-OH is 1. The first-order valence-corrected chi connectivity index (χ1v) is 14.7. The van der Waals surface area contributed by atoms with Crippen molar-refractivity contribution in [2.75, 3.05) is 13.2 Å². The van der Waals surface area contributed by atoms with E-state index in [1.165, 1.54) is 4.90 Å². The molecular weight excluding hydrogens is 548 g/mol. The van der Waals surface area contributed by atoms with Gasteiger partial charge in [0.2, 0.25) is 5.91 Å². The van der Waals surface area contributed by atoms with Crippen molar-refractivity contribution in [2.24, 2.45) is 11.8 Å². The van der Waals surface area contributed by atoms with Gasteiger partial charge in [-0.3, -0.25) is 19.3 Å². The van der Waals surface area contributed by atoms with Crippen molar-refractivity contribution in [3.05, 3.63) is 101 Å². The average molecular weight is 585 g/mol. The van der Waals surface area contributed by atoms with Crippen LogP contribution in [0.25, 0.3) is 0 Å². The first-order chi connectivity index (χ1) is 20.8. The zero-order chi connectivity index (χ0) is 30.5. The lowest BCUT2D eigenvalue weighted by molar-refractivity contribution is -0.138. The molecule has 2 aliphatic heterocycles. The highest BCUT2D eigenvalue weighted by atomic mass is 16.6. The van der Waals surface area contributed by atoms with Gasteiger partial charge in [0.25, 0.3) is 11.8 Å². The Balaban J connectivity index is 1.27. The van der Waals surface area contributed by atoms with Crippen LogP contribution >= 0.6 is 0 Å². The molecule has 1 saturated heterocycles. The highest BCUT2D eigenvalue weighted by molar-refractivity contribution is 6.21. The molecule has 0 aromatic heterocycles. The van der Waals surface area contributed by atoms with Crippen LogP contribution in [0.2, 0.25) is 0 Å². The molecule has 0 aliphatic carbocycles. The topological polar surface area (TPSA) is 113 Å². The molecule has 2 heterocycles. The fourth-order valence-corrected chi connectivity index (χ4v) is 5.59. The maximum Gasteiger partial charge on any atom is 0.416 e. The zero-order valence-electron chi connectivity index (χ0n) is 24.3. The Bertz CT molecular complexity index is 1440. The number of fused-ring (bicyclic) bond motifs is 1. The van der Waals surface area contributed by atoms with Gasteiger partial charge in [-0.25, -0.2) is 9.69 Å². The van der Waals surface area contributed by atoms with Crippen molar-refractivity contribution in [1.82, 2.24) is 9.80 Å². The maximum absolute atomic E-state index is 13.8. The first kappa shape index (κ1) is 30.0. The molecule has 5 rings (SSSR count). The number of carbonyl (C=O) groups is 4. The summed E-state index contributed by atoms with van der Waals surface area (Å²) in [6.45, 7) is 4.52. The minimum atomic E-state index is -1.20.